The van der Waals surface area contributed by atoms with Gasteiger partial charge in [-0.3, -0.25) is 9.78 Å². The summed E-state index contributed by atoms with van der Waals surface area (Å²) >= 11 is 0. The zero-order valence-electron chi connectivity index (χ0n) is 9.71. The molecule has 1 N–H and O–H groups in total. The molecule has 0 aliphatic rings. The van der Waals surface area contributed by atoms with Crippen LogP contribution in [0.4, 0.5) is 0 Å². The SMILES string of the molecule is CCOC(=O)/C(C#N)=C/NC(=O)c1cccnc1. The van der Waals surface area contributed by atoms with Crippen LogP contribution in [0.25, 0.3) is 0 Å². The normalized spacial score (nSPS) is 10.3. The fourth-order valence-electron chi connectivity index (χ4n) is 1.06. The summed E-state index contributed by atoms with van der Waals surface area (Å²) in [4.78, 5) is 26.6. The van der Waals surface area contributed by atoms with Crippen LogP contribution in [0, 0.1) is 11.3 Å². The third-order valence-electron chi connectivity index (χ3n) is 1.89. The molecule has 0 spiro atoms. The van der Waals surface area contributed by atoms with E-state index in [4.69, 9.17) is 5.26 Å². The first kappa shape index (κ1) is 13.4. The van der Waals surface area contributed by atoms with E-state index in [-0.39, 0.29) is 12.2 Å². The number of hydrogen-bond acceptors (Lipinski definition) is 5. The molecule has 0 aromatic carbocycles. The van der Waals surface area contributed by atoms with Crippen molar-refractivity contribution in [3.05, 3.63) is 41.9 Å². The minimum absolute atomic E-state index is 0.161. The Labute approximate surface area is 104 Å². The third-order valence-corrected chi connectivity index (χ3v) is 1.89. The fourth-order valence-corrected chi connectivity index (χ4v) is 1.06. The molecule has 0 aliphatic carbocycles. The summed E-state index contributed by atoms with van der Waals surface area (Å²) in [7, 11) is 0. The molecule has 0 fully saturated rings. The molecule has 0 unspecified atom stereocenters. The highest BCUT2D eigenvalue weighted by Gasteiger charge is 2.10. The Morgan fingerprint density at radius 3 is 2.94 bits per heavy atom. The largest absolute Gasteiger partial charge is 0.462 e. The van der Waals surface area contributed by atoms with Crippen LogP contribution in [0.3, 0.4) is 0 Å². The lowest BCUT2D eigenvalue weighted by molar-refractivity contribution is -0.138. The lowest BCUT2D eigenvalue weighted by Gasteiger charge is -2.01. The lowest BCUT2D eigenvalue weighted by atomic mass is 10.2. The minimum Gasteiger partial charge on any atom is -0.462 e. The van der Waals surface area contributed by atoms with E-state index in [1.807, 2.05) is 0 Å². The number of carbonyl (C=O) groups excluding carboxylic acids is 2. The van der Waals surface area contributed by atoms with E-state index in [1.54, 1.807) is 25.1 Å². The summed E-state index contributed by atoms with van der Waals surface area (Å²) in [5.74, 6) is -1.23. The minimum atomic E-state index is -0.772. The first-order valence-corrected chi connectivity index (χ1v) is 5.17. The van der Waals surface area contributed by atoms with Gasteiger partial charge in [0.25, 0.3) is 5.91 Å². The maximum atomic E-state index is 11.6. The lowest BCUT2D eigenvalue weighted by Crippen LogP contribution is -2.19. The Balaban J connectivity index is 2.71. The maximum absolute atomic E-state index is 11.6. The van der Waals surface area contributed by atoms with Gasteiger partial charge in [-0.15, -0.1) is 0 Å². The van der Waals surface area contributed by atoms with E-state index in [0.717, 1.165) is 6.20 Å². The molecule has 1 rings (SSSR count). The highest BCUT2D eigenvalue weighted by molar-refractivity contribution is 5.97. The van der Waals surface area contributed by atoms with Gasteiger partial charge in [0, 0.05) is 18.6 Å². The van der Waals surface area contributed by atoms with Gasteiger partial charge in [0.2, 0.25) is 0 Å². The summed E-state index contributed by atoms with van der Waals surface area (Å²) in [5.41, 5.74) is 0.0592. The number of nitrogens with one attached hydrogen (secondary N) is 1. The number of carbonyl (C=O) groups is 2. The number of nitrogens with zero attached hydrogens (tertiary/aromatic N) is 2. The van der Waals surface area contributed by atoms with Crippen molar-refractivity contribution in [1.29, 1.82) is 5.26 Å². The summed E-state index contributed by atoms with van der Waals surface area (Å²) < 4.78 is 4.64. The van der Waals surface area contributed by atoms with Gasteiger partial charge in [0.1, 0.15) is 6.07 Å². The van der Waals surface area contributed by atoms with Crippen LogP contribution in [-0.2, 0) is 9.53 Å². The van der Waals surface area contributed by atoms with E-state index in [1.165, 1.54) is 12.4 Å². The zero-order chi connectivity index (χ0) is 13.4. The standard InChI is InChI=1S/C12H11N3O3/c1-2-18-12(17)10(6-13)8-15-11(16)9-4-3-5-14-7-9/h3-5,7-8H,2H2,1H3,(H,15,16)/b10-8+. The van der Waals surface area contributed by atoms with Crippen molar-refractivity contribution in [3.8, 4) is 6.07 Å². The van der Waals surface area contributed by atoms with Crippen LogP contribution >= 0.6 is 0 Å². The highest BCUT2D eigenvalue weighted by atomic mass is 16.5. The quantitative estimate of drug-likeness (QED) is 0.480. The summed E-state index contributed by atoms with van der Waals surface area (Å²) in [5, 5.41) is 11.0. The smallest absolute Gasteiger partial charge is 0.350 e. The molecule has 1 amide bonds. The van der Waals surface area contributed by atoms with Crippen LogP contribution in [0.15, 0.2) is 36.3 Å². The first-order valence-electron chi connectivity index (χ1n) is 5.17. The molecule has 18 heavy (non-hydrogen) atoms. The predicted molar refractivity (Wildman–Crippen MR) is 62.0 cm³/mol. The molecule has 6 nitrogen and oxygen atoms in total. The molecular formula is C12H11N3O3. The van der Waals surface area contributed by atoms with Gasteiger partial charge in [-0.2, -0.15) is 5.26 Å². The van der Waals surface area contributed by atoms with E-state index in [0.29, 0.717) is 5.56 Å². The Bertz CT molecular complexity index is 503. The van der Waals surface area contributed by atoms with Gasteiger partial charge in [-0.1, -0.05) is 0 Å². The second-order valence-corrected chi connectivity index (χ2v) is 3.11. The van der Waals surface area contributed by atoms with E-state index in [2.05, 4.69) is 15.0 Å². The Hall–Kier alpha value is -2.68. The molecule has 6 heteroatoms. The number of ether oxygens (including phenoxy) is 1. The molecule has 0 radical (unpaired) electrons. The second-order valence-electron chi connectivity index (χ2n) is 3.11. The molecule has 0 saturated heterocycles. The number of amides is 1. The number of nitriles is 1. The van der Waals surface area contributed by atoms with Gasteiger partial charge in [-0.05, 0) is 19.1 Å². The molecule has 1 aromatic rings. The van der Waals surface area contributed by atoms with Crippen LogP contribution in [0.2, 0.25) is 0 Å². The number of rotatable bonds is 4. The average molecular weight is 245 g/mol. The van der Waals surface area contributed by atoms with Crippen molar-refractivity contribution in [1.82, 2.24) is 10.3 Å². The average Bonchev–Trinajstić information content (AvgIpc) is 2.40. The molecule has 1 aromatic heterocycles. The van der Waals surface area contributed by atoms with Crippen LogP contribution in [0.1, 0.15) is 17.3 Å². The Morgan fingerprint density at radius 1 is 1.61 bits per heavy atom. The number of hydrogen-bond donors (Lipinski definition) is 1. The monoisotopic (exact) mass is 245 g/mol. The summed E-state index contributed by atoms with van der Waals surface area (Å²) in [6.45, 7) is 1.79. The van der Waals surface area contributed by atoms with Crippen molar-refractivity contribution in [3.63, 3.8) is 0 Å². The first-order chi connectivity index (χ1) is 8.69. The van der Waals surface area contributed by atoms with Gasteiger partial charge in [0.05, 0.1) is 12.2 Å². The fraction of sp³-hybridized carbons (Fsp3) is 0.167. The van der Waals surface area contributed by atoms with E-state index in [9.17, 15) is 9.59 Å². The number of pyridine rings is 1. The van der Waals surface area contributed by atoms with Crippen molar-refractivity contribution >= 4 is 11.9 Å². The van der Waals surface area contributed by atoms with Crippen molar-refractivity contribution < 1.29 is 14.3 Å². The molecule has 0 saturated carbocycles. The zero-order valence-corrected chi connectivity index (χ0v) is 9.71. The highest BCUT2D eigenvalue weighted by Crippen LogP contribution is 1.98. The van der Waals surface area contributed by atoms with Crippen molar-refractivity contribution in [2.24, 2.45) is 0 Å². The third kappa shape index (κ3) is 3.72. The predicted octanol–water partition coefficient (Wildman–Crippen LogP) is 0.782. The second kappa shape index (κ2) is 6.81. The molecule has 0 bridgehead atoms. The van der Waals surface area contributed by atoms with Crippen molar-refractivity contribution in [2.75, 3.05) is 6.61 Å². The van der Waals surface area contributed by atoms with Gasteiger partial charge in [-0.25, -0.2) is 4.79 Å². The topological polar surface area (TPSA) is 92.1 Å². The van der Waals surface area contributed by atoms with Crippen LogP contribution in [-0.4, -0.2) is 23.5 Å². The Morgan fingerprint density at radius 2 is 2.39 bits per heavy atom. The van der Waals surface area contributed by atoms with E-state index >= 15 is 0 Å². The Kier molecular flexibility index (Phi) is 5.06. The van der Waals surface area contributed by atoms with Crippen molar-refractivity contribution in [2.45, 2.75) is 6.92 Å². The summed E-state index contributed by atoms with van der Waals surface area (Å²) in [6, 6.07) is 4.82. The number of esters is 1. The van der Waals surface area contributed by atoms with Crippen LogP contribution < -0.4 is 5.32 Å². The molecule has 1 heterocycles. The van der Waals surface area contributed by atoms with Gasteiger partial charge >= 0.3 is 5.97 Å². The molecule has 92 valence electrons. The van der Waals surface area contributed by atoms with E-state index < -0.39 is 11.9 Å². The summed E-state index contributed by atoms with van der Waals surface area (Å²) in [6.07, 6.45) is 3.93. The number of aromatic nitrogens is 1. The molecule has 0 aliphatic heterocycles. The van der Waals surface area contributed by atoms with Gasteiger partial charge in [0.15, 0.2) is 5.57 Å². The van der Waals surface area contributed by atoms with Crippen LogP contribution in [0.5, 0.6) is 0 Å². The molecule has 0 atom stereocenters. The maximum Gasteiger partial charge on any atom is 0.350 e. The van der Waals surface area contributed by atoms with Gasteiger partial charge < -0.3 is 10.1 Å². The molecular weight excluding hydrogens is 234 g/mol.